The van der Waals surface area contributed by atoms with Crippen LogP contribution in [0.15, 0.2) is 36.9 Å². The van der Waals surface area contributed by atoms with Gasteiger partial charge in [-0.15, -0.1) is 0 Å². The van der Waals surface area contributed by atoms with Crippen molar-refractivity contribution in [2.75, 3.05) is 13.1 Å². The summed E-state index contributed by atoms with van der Waals surface area (Å²) in [5.74, 6) is 0.217. The van der Waals surface area contributed by atoms with E-state index in [-0.39, 0.29) is 11.8 Å². The first-order valence-corrected chi connectivity index (χ1v) is 7.07. The Morgan fingerprint density at radius 3 is 2.71 bits per heavy atom. The summed E-state index contributed by atoms with van der Waals surface area (Å²) in [6.45, 7) is 3.12. The minimum Gasteiger partial charge on any atom is -0.391 e. The number of aliphatic hydroxyl groups excluding tert-OH is 1. The third kappa shape index (κ3) is 2.80. The number of hydrogen-bond acceptors (Lipinski definition) is 4. The van der Waals surface area contributed by atoms with Crippen LogP contribution < -0.4 is 0 Å². The number of nitrogens with zero attached hydrogens (tertiary/aromatic N) is 4. The summed E-state index contributed by atoms with van der Waals surface area (Å²) < 4.78 is 1.64. The van der Waals surface area contributed by atoms with E-state index in [4.69, 9.17) is 0 Å². The molecule has 2 unspecified atom stereocenters. The third-order valence-electron chi connectivity index (χ3n) is 4.00. The van der Waals surface area contributed by atoms with E-state index in [0.717, 1.165) is 12.1 Å². The molecule has 2 heterocycles. The topological polar surface area (TPSA) is 71.2 Å². The van der Waals surface area contributed by atoms with Gasteiger partial charge in [-0.2, -0.15) is 5.10 Å². The fourth-order valence-corrected chi connectivity index (χ4v) is 2.51. The van der Waals surface area contributed by atoms with E-state index in [1.165, 1.54) is 6.33 Å². The Bertz CT molecular complexity index is 609. The molecule has 6 nitrogen and oxygen atoms in total. The Hall–Kier alpha value is -2.21. The maximum absolute atomic E-state index is 12.4. The van der Waals surface area contributed by atoms with E-state index in [2.05, 4.69) is 10.1 Å². The number of rotatable bonds is 2. The van der Waals surface area contributed by atoms with Gasteiger partial charge >= 0.3 is 0 Å². The average Bonchev–Trinajstić information content (AvgIpc) is 3.04. The molecule has 1 N–H and O–H groups in total. The number of hydrogen-bond donors (Lipinski definition) is 1. The molecule has 1 amide bonds. The highest BCUT2D eigenvalue weighted by Crippen LogP contribution is 2.19. The second-order valence-corrected chi connectivity index (χ2v) is 5.47. The van der Waals surface area contributed by atoms with Crippen LogP contribution >= 0.6 is 0 Å². The Morgan fingerprint density at radius 1 is 1.33 bits per heavy atom. The number of aromatic nitrogens is 3. The van der Waals surface area contributed by atoms with Crippen molar-refractivity contribution >= 4 is 5.91 Å². The summed E-state index contributed by atoms with van der Waals surface area (Å²) in [6.07, 6.45) is 3.48. The van der Waals surface area contributed by atoms with Crippen molar-refractivity contribution in [2.24, 2.45) is 5.92 Å². The number of likely N-dealkylation sites (tertiary alicyclic amines) is 1. The third-order valence-corrected chi connectivity index (χ3v) is 4.00. The lowest BCUT2D eigenvalue weighted by Gasteiger charge is -2.34. The monoisotopic (exact) mass is 286 g/mol. The number of piperidine rings is 1. The summed E-state index contributed by atoms with van der Waals surface area (Å²) >= 11 is 0. The van der Waals surface area contributed by atoms with Gasteiger partial charge < -0.3 is 10.0 Å². The lowest BCUT2D eigenvalue weighted by atomic mass is 9.95. The molecule has 2 aromatic rings. The predicted octanol–water partition coefficient (Wildman–Crippen LogP) is 1.11. The molecule has 21 heavy (non-hydrogen) atoms. The Morgan fingerprint density at radius 2 is 2.10 bits per heavy atom. The zero-order valence-corrected chi connectivity index (χ0v) is 11.9. The van der Waals surface area contributed by atoms with E-state index < -0.39 is 6.10 Å². The van der Waals surface area contributed by atoms with Crippen molar-refractivity contribution < 1.29 is 9.90 Å². The summed E-state index contributed by atoms with van der Waals surface area (Å²) in [6, 6.07) is 7.24. The molecular formula is C15H18N4O2. The summed E-state index contributed by atoms with van der Waals surface area (Å²) in [7, 11) is 0. The molecule has 1 aromatic carbocycles. The van der Waals surface area contributed by atoms with Crippen molar-refractivity contribution in [2.45, 2.75) is 19.4 Å². The van der Waals surface area contributed by atoms with Crippen LogP contribution in [-0.4, -0.2) is 49.9 Å². The Kier molecular flexibility index (Phi) is 3.70. The molecule has 6 heteroatoms. The van der Waals surface area contributed by atoms with E-state index in [1.807, 2.05) is 19.1 Å². The first kappa shape index (κ1) is 13.8. The van der Waals surface area contributed by atoms with Crippen molar-refractivity contribution in [3.05, 3.63) is 42.5 Å². The molecule has 0 bridgehead atoms. The standard InChI is InChI=1S/C15H18N4O2/c1-11-6-7-18(8-14(11)20)15(21)12-2-4-13(5-3-12)19-10-16-9-17-19/h2-5,9-11,14,20H,6-8H2,1H3. The Balaban J connectivity index is 1.73. The molecule has 1 saturated heterocycles. The van der Waals surface area contributed by atoms with Crippen molar-refractivity contribution in [3.63, 3.8) is 0 Å². The number of carbonyl (C=O) groups excluding carboxylic acids is 1. The zero-order chi connectivity index (χ0) is 14.8. The highest BCUT2D eigenvalue weighted by Gasteiger charge is 2.27. The molecule has 0 radical (unpaired) electrons. The van der Waals surface area contributed by atoms with Crippen LogP contribution in [0.2, 0.25) is 0 Å². The van der Waals surface area contributed by atoms with Crippen LogP contribution in [0, 0.1) is 5.92 Å². The number of β-amino-alcohol motifs (C(OH)–C–C–N with tert-alkyl or cyclic N) is 1. The second kappa shape index (κ2) is 5.65. The van der Waals surface area contributed by atoms with Crippen LogP contribution in [0.3, 0.4) is 0 Å². The first-order valence-electron chi connectivity index (χ1n) is 7.07. The number of carbonyl (C=O) groups is 1. The number of aliphatic hydroxyl groups is 1. The van der Waals surface area contributed by atoms with Gasteiger partial charge in [0.2, 0.25) is 0 Å². The van der Waals surface area contributed by atoms with Crippen molar-refractivity contribution in [3.8, 4) is 5.69 Å². The molecule has 1 aliphatic heterocycles. The van der Waals surface area contributed by atoms with Crippen LogP contribution in [-0.2, 0) is 0 Å². The van der Waals surface area contributed by atoms with Gasteiger partial charge in [-0.1, -0.05) is 6.92 Å². The van der Waals surface area contributed by atoms with E-state index in [0.29, 0.717) is 18.7 Å². The molecule has 0 spiro atoms. The maximum atomic E-state index is 12.4. The minimum absolute atomic E-state index is 0.0360. The average molecular weight is 286 g/mol. The fourth-order valence-electron chi connectivity index (χ4n) is 2.51. The number of amides is 1. The van der Waals surface area contributed by atoms with Gasteiger partial charge in [0.05, 0.1) is 11.8 Å². The van der Waals surface area contributed by atoms with Gasteiger partial charge in [-0.25, -0.2) is 9.67 Å². The SMILES string of the molecule is CC1CCN(C(=O)c2ccc(-n3cncn3)cc2)CC1O. The molecule has 110 valence electrons. The fraction of sp³-hybridized carbons (Fsp3) is 0.400. The molecular weight excluding hydrogens is 268 g/mol. The van der Waals surface area contributed by atoms with Gasteiger partial charge in [-0.3, -0.25) is 4.79 Å². The Labute approximate surface area is 123 Å². The van der Waals surface area contributed by atoms with Crippen LogP contribution in [0.25, 0.3) is 5.69 Å². The smallest absolute Gasteiger partial charge is 0.253 e. The van der Waals surface area contributed by atoms with Crippen LogP contribution in [0.1, 0.15) is 23.7 Å². The highest BCUT2D eigenvalue weighted by atomic mass is 16.3. The molecule has 1 fully saturated rings. The maximum Gasteiger partial charge on any atom is 0.253 e. The largest absolute Gasteiger partial charge is 0.391 e. The van der Waals surface area contributed by atoms with E-state index in [9.17, 15) is 9.90 Å². The van der Waals surface area contributed by atoms with Gasteiger partial charge in [0.25, 0.3) is 5.91 Å². The lowest BCUT2D eigenvalue weighted by molar-refractivity contribution is 0.0248. The van der Waals surface area contributed by atoms with Gasteiger partial charge in [0, 0.05) is 18.7 Å². The summed E-state index contributed by atoms with van der Waals surface area (Å²) in [5, 5.41) is 13.9. The predicted molar refractivity (Wildman–Crippen MR) is 77.1 cm³/mol. The quantitative estimate of drug-likeness (QED) is 0.897. The molecule has 1 aliphatic rings. The van der Waals surface area contributed by atoms with Crippen molar-refractivity contribution in [1.82, 2.24) is 19.7 Å². The summed E-state index contributed by atoms with van der Waals surface area (Å²) in [4.78, 5) is 18.0. The number of benzene rings is 1. The molecule has 0 saturated carbocycles. The first-order chi connectivity index (χ1) is 10.1. The van der Waals surface area contributed by atoms with Gasteiger partial charge in [-0.05, 0) is 36.6 Å². The van der Waals surface area contributed by atoms with E-state index in [1.54, 1.807) is 28.0 Å². The highest BCUT2D eigenvalue weighted by molar-refractivity contribution is 5.94. The zero-order valence-electron chi connectivity index (χ0n) is 11.9. The molecule has 3 rings (SSSR count). The van der Waals surface area contributed by atoms with Crippen LogP contribution in [0.4, 0.5) is 0 Å². The minimum atomic E-state index is -0.433. The van der Waals surface area contributed by atoms with Gasteiger partial charge in [0.1, 0.15) is 12.7 Å². The van der Waals surface area contributed by atoms with Crippen LogP contribution in [0.5, 0.6) is 0 Å². The van der Waals surface area contributed by atoms with E-state index >= 15 is 0 Å². The molecule has 2 atom stereocenters. The molecule has 1 aromatic heterocycles. The van der Waals surface area contributed by atoms with Gasteiger partial charge in [0.15, 0.2) is 0 Å². The second-order valence-electron chi connectivity index (χ2n) is 5.47. The van der Waals surface area contributed by atoms with Crippen molar-refractivity contribution in [1.29, 1.82) is 0 Å². The molecule has 0 aliphatic carbocycles. The lowest BCUT2D eigenvalue weighted by Crippen LogP contribution is -2.45. The summed E-state index contributed by atoms with van der Waals surface area (Å²) in [5.41, 5.74) is 1.48. The normalized spacial score (nSPS) is 22.3.